The number of rotatable bonds is 3. The van der Waals surface area contributed by atoms with E-state index in [2.05, 4.69) is 10.3 Å². The summed E-state index contributed by atoms with van der Waals surface area (Å²) in [6.45, 7) is 3.36. The molecule has 1 aliphatic heterocycles. The third-order valence-electron chi connectivity index (χ3n) is 3.96. The lowest BCUT2D eigenvalue weighted by atomic mass is 10.0. The Labute approximate surface area is 124 Å². The van der Waals surface area contributed by atoms with Gasteiger partial charge < -0.3 is 10.2 Å². The molecule has 21 heavy (non-hydrogen) atoms. The average molecular weight is 288 g/mol. The Morgan fingerprint density at radius 2 is 2.29 bits per heavy atom. The molecule has 112 valence electrons. The number of imidazole rings is 1. The predicted octanol–water partition coefficient (Wildman–Crippen LogP) is 2.82. The summed E-state index contributed by atoms with van der Waals surface area (Å²) in [5.41, 5.74) is 1.84. The lowest BCUT2D eigenvalue weighted by molar-refractivity contribution is 0.149. The van der Waals surface area contributed by atoms with E-state index in [9.17, 15) is 4.39 Å². The number of allylic oxidation sites excluding steroid dienone is 1. The highest BCUT2D eigenvalue weighted by atomic mass is 19.1. The molecule has 1 aliphatic rings. The first-order valence-corrected chi connectivity index (χ1v) is 7.38. The molecule has 0 saturated carbocycles. The molecule has 3 heterocycles. The first kappa shape index (κ1) is 14.1. The van der Waals surface area contributed by atoms with Crippen LogP contribution >= 0.6 is 0 Å². The molecule has 5 heteroatoms. The standard InChI is InChI=1S/C16H21FN4/c1-3-6-14-16(19-15-7-4-5-9-21(14)15)18-13-8-10-20(2)11-12(13)17/h3-7,9,12-13,18H,8,10-11H2,1-2H3/b6-3+/t12-,13+/m0/s1. The van der Waals surface area contributed by atoms with Crippen LogP contribution < -0.4 is 5.32 Å². The maximum atomic E-state index is 14.2. The molecule has 2 atom stereocenters. The second-order valence-electron chi connectivity index (χ2n) is 5.59. The van der Waals surface area contributed by atoms with E-state index in [1.165, 1.54) is 0 Å². The monoisotopic (exact) mass is 288 g/mol. The van der Waals surface area contributed by atoms with Crippen LogP contribution in [0.1, 0.15) is 19.0 Å². The highest BCUT2D eigenvalue weighted by Crippen LogP contribution is 2.23. The fourth-order valence-corrected chi connectivity index (χ4v) is 2.83. The number of fused-ring (bicyclic) bond motifs is 1. The molecule has 0 bridgehead atoms. The molecule has 0 amide bonds. The molecule has 0 spiro atoms. The van der Waals surface area contributed by atoms with E-state index in [-0.39, 0.29) is 6.04 Å². The van der Waals surface area contributed by atoms with Crippen LogP contribution in [0.3, 0.4) is 0 Å². The second kappa shape index (κ2) is 5.85. The minimum absolute atomic E-state index is 0.171. The zero-order valence-electron chi connectivity index (χ0n) is 12.5. The van der Waals surface area contributed by atoms with Gasteiger partial charge >= 0.3 is 0 Å². The van der Waals surface area contributed by atoms with E-state index in [0.717, 1.165) is 30.1 Å². The number of anilines is 1. The van der Waals surface area contributed by atoms with Crippen molar-refractivity contribution < 1.29 is 4.39 Å². The predicted molar refractivity (Wildman–Crippen MR) is 84.3 cm³/mol. The summed E-state index contributed by atoms with van der Waals surface area (Å²) >= 11 is 0. The fraction of sp³-hybridized carbons (Fsp3) is 0.438. The molecule has 0 aromatic carbocycles. The molecule has 0 radical (unpaired) electrons. The Kier molecular flexibility index (Phi) is 3.92. The highest BCUT2D eigenvalue weighted by Gasteiger charge is 2.28. The van der Waals surface area contributed by atoms with Crippen molar-refractivity contribution in [3.05, 3.63) is 36.2 Å². The fourth-order valence-electron chi connectivity index (χ4n) is 2.83. The molecule has 0 aliphatic carbocycles. The van der Waals surface area contributed by atoms with Crippen molar-refractivity contribution in [2.45, 2.75) is 25.6 Å². The van der Waals surface area contributed by atoms with E-state index in [0.29, 0.717) is 6.54 Å². The molecule has 0 unspecified atom stereocenters. The van der Waals surface area contributed by atoms with Gasteiger partial charge in [-0.1, -0.05) is 12.1 Å². The zero-order chi connectivity index (χ0) is 14.8. The summed E-state index contributed by atoms with van der Waals surface area (Å²) in [5, 5.41) is 3.31. The van der Waals surface area contributed by atoms with Crippen molar-refractivity contribution >= 4 is 17.5 Å². The number of pyridine rings is 1. The molecule has 1 saturated heterocycles. The van der Waals surface area contributed by atoms with Crippen molar-refractivity contribution in [3.63, 3.8) is 0 Å². The number of aromatic nitrogens is 2. The summed E-state index contributed by atoms with van der Waals surface area (Å²) < 4.78 is 16.2. The van der Waals surface area contributed by atoms with Gasteiger partial charge in [0.05, 0.1) is 11.7 Å². The smallest absolute Gasteiger partial charge is 0.153 e. The summed E-state index contributed by atoms with van der Waals surface area (Å²) in [5.74, 6) is 0.761. The van der Waals surface area contributed by atoms with Gasteiger partial charge in [-0.15, -0.1) is 0 Å². The number of hydrogen-bond donors (Lipinski definition) is 1. The van der Waals surface area contributed by atoms with Gasteiger partial charge in [0.25, 0.3) is 0 Å². The molecule has 3 rings (SSSR count). The topological polar surface area (TPSA) is 32.6 Å². The molecule has 4 nitrogen and oxygen atoms in total. The second-order valence-corrected chi connectivity index (χ2v) is 5.59. The first-order chi connectivity index (χ1) is 10.2. The van der Waals surface area contributed by atoms with Gasteiger partial charge in [-0.2, -0.15) is 0 Å². The van der Waals surface area contributed by atoms with Crippen molar-refractivity contribution in [1.82, 2.24) is 14.3 Å². The van der Waals surface area contributed by atoms with E-state index < -0.39 is 6.17 Å². The number of alkyl halides is 1. The number of piperidine rings is 1. The van der Waals surface area contributed by atoms with E-state index >= 15 is 0 Å². The van der Waals surface area contributed by atoms with Crippen LogP contribution in [0.4, 0.5) is 10.2 Å². The third kappa shape index (κ3) is 2.78. The Bertz CT molecular complexity index is 649. The minimum Gasteiger partial charge on any atom is -0.362 e. The molecular weight excluding hydrogens is 267 g/mol. The van der Waals surface area contributed by atoms with E-state index in [1.807, 2.05) is 59.8 Å². The normalized spacial score (nSPS) is 24.0. The van der Waals surface area contributed by atoms with Gasteiger partial charge in [0, 0.05) is 19.3 Å². The van der Waals surface area contributed by atoms with Crippen LogP contribution in [0, 0.1) is 0 Å². The zero-order valence-corrected chi connectivity index (χ0v) is 12.5. The summed E-state index contributed by atoms with van der Waals surface area (Å²) in [7, 11) is 1.96. The maximum Gasteiger partial charge on any atom is 0.153 e. The highest BCUT2D eigenvalue weighted by molar-refractivity contribution is 5.66. The van der Waals surface area contributed by atoms with Gasteiger partial charge in [-0.05, 0) is 38.6 Å². The van der Waals surface area contributed by atoms with Crippen LogP contribution in [-0.4, -0.2) is 46.6 Å². The molecule has 2 aromatic heterocycles. The van der Waals surface area contributed by atoms with Crippen LogP contribution in [0.5, 0.6) is 0 Å². The Morgan fingerprint density at radius 1 is 1.43 bits per heavy atom. The quantitative estimate of drug-likeness (QED) is 0.942. The minimum atomic E-state index is -0.869. The number of likely N-dealkylation sites (tertiary alicyclic amines) is 1. The number of halogens is 1. The van der Waals surface area contributed by atoms with Gasteiger partial charge in [0.2, 0.25) is 0 Å². The van der Waals surface area contributed by atoms with E-state index in [4.69, 9.17) is 0 Å². The number of nitrogens with one attached hydrogen (secondary N) is 1. The van der Waals surface area contributed by atoms with Crippen LogP contribution in [-0.2, 0) is 0 Å². The van der Waals surface area contributed by atoms with Gasteiger partial charge in [0.1, 0.15) is 11.8 Å². The summed E-state index contributed by atoms with van der Waals surface area (Å²) in [6.07, 6.45) is 5.88. The average Bonchev–Trinajstić information content (AvgIpc) is 2.81. The largest absolute Gasteiger partial charge is 0.362 e. The van der Waals surface area contributed by atoms with Crippen molar-refractivity contribution in [3.8, 4) is 0 Å². The van der Waals surface area contributed by atoms with Gasteiger partial charge in [-0.25, -0.2) is 9.37 Å². The molecule has 1 fully saturated rings. The van der Waals surface area contributed by atoms with E-state index in [1.54, 1.807) is 0 Å². The lowest BCUT2D eigenvalue weighted by Crippen LogP contribution is -2.46. The Hall–Kier alpha value is -1.88. The SMILES string of the molecule is C/C=C/c1c(N[C@@H]2CCN(C)C[C@@H]2F)nc2ccccn12. The van der Waals surface area contributed by atoms with Crippen molar-refractivity contribution in [1.29, 1.82) is 0 Å². The van der Waals surface area contributed by atoms with Crippen molar-refractivity contribution in [2.75, 3.05) is 25.5 Å². The Morgan fingerprint density at radius 3 is 3.05 bits per heavy atom. The van der Waals surface area contributed by atoms with Crippen LogP contribution in [0.15, 0.2) is 30.5 Å². The first-order valence-electron chi connectivity index (χ1n) is 7.38. The lowest BCUT2D eigenvalue weighted by Gasteiger charge is -2.32. The maximum absolute atomic E-state index is 14.2. The van der Waals surface area contributed by atoms with Crippen molar-refractivity contribution in [2.24, 2.45) is 0 Å². The molecular formula is C16H21FN4. The summed E-state index contributed by atoms with van der Waals surface area (Å²) in [4.78, 5) is 6.63. The van der Waals surface area contributed by atoms with Crippen LogP contribution in [0.2, 0.25) is 0 Å². The number of nitrogens with zero attached hydrogens (tertiary/aromatic N) is 3. The Balaban J connectivity index is 1.91. The molecule has 2 aromatic rings. The van der Waals surface area contributed by atoms with Gasteiger partial charge in [0.15, 0.2) is 5.82 Å². The third-order valence-corrected chi connectivity index (χ3v) is 3.96. The van der Waals surface area contributed by atoms with Crippen LogP contribution in [0.25, 0.3) is 11.7 Å². The number of hydrogen-bond acceptors (Lipinski definition) is 3. The summed E-state index contributed by atoms with van der Waals surface area (Å²) in [6, 6.07) is 5.72. The molecule has 1 N–H and O–H groups in total. The van der Waals surface area contributed by atoms with Gasteiger partial charge in [-0.3, -0.25) is 4.40 Å².